The first-order valence-electron chi connectivity index (χ1n) is 19.2. The maximum atomic E-state index is 14.9. The van der Waals surface area contributed by atoms with Gasteiger partial charge < -0.3 is 4.74 Å². The molecule has 0 radical (unpaired) electrons. The molecule has 13 rings (SSSR count). The van der Waals surface area contributed by atoms with E-state index >= 15 is 0 Å². The number of unbranched alkanes of at least 4 members (excludes halogenated alkanes) is 6. The van der Waals surface area contributed by atoms with Crippen LogP contribution in [0.3, 0.4) is 0 Å². The van der Waals surface area contributed by atoms with Crippen molar-refractivity contribution in [2.75, 3.05) is 7.11 Å². The average Bonchev–Trinajstić information content (AvgIpc) is 4.12. The minimum Gasteiger partial charge on any atom is -0.0477 e. The van der Waals surface area contributed by atoms with Gasteiger partial charge in [-0.25, -0.2) is 0 Å². The Labute approximate surface area is 285 Å². The molecule has 10 aliphatic heterocycles. The summed E-state index contributed by atoms with van der Waals surface area (Å²) in [7, 11) is 1.64. The van der Waals surface area contributed by atoms with Gasteiger partial charge in [-0.15, -0.1) is 0 Å². The molecule has 10 heterocycles. The van der Waals surface area contributed by atoms with Crippen LogP contribution in [0.2, 0.25) is 46.7 Å². The predicted octanol–water partition coefficient (Wildman–Crippen LogP) is 11.5. The molecule has 0 bridgehead atoms. The number of fused-ring (bicyclic) bond motifs is 10. The molecular formula is C45H46FeO4. The van der Waals surface area contributed by atoms with Crippen LogP contribution in [0.15, 0.2) is 97.1 Å². The van der Waals surface area contributed by atoms with Gasteiger partial charge in [0.05, 0.1) is 7.11 Å². The second-order valence-electron chi connectivity index (χ2n) is 19.3. The van der Waals surface area contributed by atoms with E-state index in [0.29, 0.717) is 32.4 Å². The molecule has 50 heavy (non-hydrogen) atoms. The molecule has 0 aliphatic carbocycles. The second-order valence-corrected chi connectivity index (χ2v) is 42.3. The number of carbonyl (C=O) groups excluding carboxylic acids is 3. The van der Waals surface area contributed by atoms with Gasteiger partial charge in [-0.3, -0.25) is 0 Å². The van der Waals surface area contributed by atoms with Crippen molar-refractivity contribution >= 4 is 29.5 Å². The fourth-order valence-electron chi connectivity index (χ4n) is 23.7. The molecule has 10 aliphatic rings. The summed E-state index contributed by atoms with van der Waals surface area (Å²) in [5.41, 5.74) is 2.97. The van der Waals surface area contributed by atoms with Gasteiger partial charge in [0.25, 0.3) is 0 Å². The van der Waals surface area contributed by atoms with Crippen molar-refractivity contribution in [3.8, 4) is 5.75 Å². The molecule has 0 N–H and O–H groups in total. The molecule has 4 nitrogen and oxygen atoms in total. The first-order chi connectivity index (χ1) is 24.2. The van der Waals surface area contributed by atoms with E-state index in [1.807, 2.05) is 72.8 Å². The third kappa shape index (κ3) is 0.912. The zero-order valence-electron chi connectivity index (χ0n) is 28.8. The smallest absolute Gasteiger partial charge is 0.0193 e. The number of carbonyl (C=O) groups is 3. The van der Waals surface area contributed by atoms with E-state index in [1.165, 1.54) is 38.5 Å². The molecule has 0 amide bonds. The van der Waals surface area contributed by atoms with Crippen molar-refractivity contribution < 1.29 is 25.6 Å². The van der Waals surface area contributed by atoms with Crippen molar-refractivity contribution in [1.82, 2.24) is 0 Å². The number of benzene rings is 3. The maximum Gasteiger partial charge on any atom is -0.0193 e. The molecule has 258 valence electrons. The van der Waals surface area contributed by atoms with Gasteiger partial charge in [-0.05, 0) is 24.3 Å². The van der Waals surface area contributed by atoms with E-state index in [9.17, 15) is 14.4 Å². The van der Waals surface area contributed by atoms with E-state index in [1.54, 1.807) is 7.11 Å². The normalized spacial score (nSPS) is 51.2. The minimum atomic E-state index is -4.55. The molecule has 5 heteroatoms. The Balaban J connectivity index is 0.732. The number of allylic oxidation sites excluding steroid dienone is 2. The standard InChI is InChI=1S/C31H35O3.C14H11O.Fe/c1-34-28-22-20-27(21-23-28)30(32)18-11-6-4-2-3-5-10-15-26-16-12-17-29(26)31(33)24-19-25-13-8-7-9-14-25;15-14(13-8-4-5-9-13)11-10-12-6-2-1-3-7-12;/h7-9,12-14,16-17,19-24H,2-6,10-11,15,18H2,1H3;1-11H;. The summed E-state index contributed by atoms with van der Waals surface area (Å²) in [5.74, 6) is 1.91. The number of ketones is 3. The summed E-state index contributed by atoms with van der Waals surface area (Å²) in [6.07, 6.45) is 18.1. The van der Waals surface area contributed by atoms with Crippen LogP contribution >= 0.6 is 0 Å². The number of Topliss-reactive ketones (excluding diaryl/α,β-unsaturated/α-hetero) is 1. The van der Waals surface area contributed by atoms with Gasteiger partial charge in [-0.1, -0.05) is 0 Å². The minimum absolute atomic E-state index is 0.0471. The fourth-order valence-corrected chi connectivity index (χ4v) is 102. The van der Waals surface area contributed by atoms with Crippen LogP contribution < -0.4 is 4.74 Å². The monoisotopic (exact) mass is 706 g/mol. The first kappa shape index (κ1) is 28.1. The summed E-state index contributed by atoms with van der Waals surface area (Å²) in [6, 6.07) is 28.0. The molecule has 1 spiro atoms. The van der Waals surface area contributed by atoms with E-state index in [2.05, 4.69) is 36.4 Å². The Kier molecular flexibility index (Phi) is 3.02. The third-order valence-corrected chi connectivity index (χ3v) is 66.1. The molecule has 0 saturated carbocycles. The number of rotatable bonds is 18. The largest absolute Gasteiger partial charge is 0.0477 e. The summed E-state index contributed by atoms with van der Waals surface area (Å²) in [4.78, 5) is 47.6. The third-order valence-electron chi connectivity index (χ3n) is 22.4. The van der Waals surface area contributed by atoms with E-state index < -0.39 is 6.51 Å². The zero-order chi connectivity index (χ0) is 33.7. The average molecular weight is 707 g/mol. The van der Waals surface area contributed by atoms with Gasteiger partial charge in [0.1, 0.15) is 5.75 Å². The molecule has 9 atom stereocenters. The molecular weight excluding hydrogens is 660 g/mol. The van der Waals surface area contributed by atoms with Crippen LogP contribution in [0.1, 0.15) is 79.3 Å². The topological polar surface area (TPSA) is 60.4 Å². The Hall–Kier alpha value is -3.53. The Morgan fingerprint density at radius 1 is 0.640 bits per heavy atom. The number of hydrogen-bond donors (Lipinski definition) is 0. The maximum absolute atomic E-state index is 14.9. The molecule has 3 aromatic rings. The summed E-state index contributed by atoms with van der Waals surface area (Å²) in [5, 5.41) is 0. The van der Waals surface area contributed by atoms with Crippen LogP contribution in [-0.2, 0) is 16.1 Å². The SMILES string of the molecule is COc1ccc(C(=O)CCCCCCCCC[C]23[CH]4[CH]5[CH]6[C]2(C(=O)C=Cc2ccccc2)[Fe]54632789[CH]3[CH]2[CH]7[C]8(C(=O)C=Cc2ccccc2)[CH]39)cc1. The molecule has 10 fully saturated rings. The van der Waals surface area contributed by atoms with Crippen LogP contribution in [0.5, 0.6) is 5.75 Å². The van der Waals surface area contributed by atoms with Gasteiger partial charge in [0.15, 0.2) is 0 Å². The van der Waals surface area contributed by atoms with E-state index in [-0.39, 0.29) is 18.7 Å². The van der Waals surface area contributed by atoms with Gasteiger partial charge in [-0.2, -0.15) is 0 Å². The van der Waals surface area contributed by atoms with Crippen molar-refractivity contribution in [2.45, 2.75) is 104 Å². The van der Waals surface area contributed by atoms with Crippen molar-refractivity contribution in [3.05, 3.63) is 114 Å². The van der Waals surface area contributed by atoms with E-state index in [0.717, 1.165) is 54.5 Å². The predicted molar refractivity (Wildman–Crippen MR) is 194 cm³/mol. The van der Waals surface area contributed by atoms with Crippen LogP contribution in [0, 0.1) is 0 Å². The molecule has 10 saturated heterocycles. The van der Waals surface area contributed by atoms with Crippen molar-refractivity contribution in [1.29, 1.82) is 0 Å². The van der Waals surface area contributed by atoms with E-state index in [4.69, 9.17) is 4.74 Å². The van der Waals surface area contributed by atoms with Crippen LogP contribution in [0.25, 0.3) is 12.2 Å². The molecule has 9 unspecified atom stereocenters. The summed E-state index contributed by atoms with van der Waals surface area (Å²) in [6.45, 7) is -4.55. The summed E-state index contributed by atoms with van der Waals surface area (Å²) >= 11 is 0. The van der Waals surface area contributed by atoms with Crippen LogP contribution in [-0.4, -0.2) is 24.5 Å². The molecule has 0 aromatic heterocycles. The Morgan fingerprint density at radius 2 is 1.20 bits per heavy atom. The second kappa shape index (κ2) is 5.36. The zero-order valence-corrected chi connectivity index (χ0v) is 29.9. The number of hydrogen-bond acceptors (Lipinski definition) is 4. The Morgan fingerprint density at radius 3 is 1.76 bits per heavy atom. The molecule has 3 aromatic carbocycles. The van der Waals surface area contributed by atoms with Gasteiger partial charge in [0.2, 0.25) is 0 Å². The number of methoxy groups -OCH3 is 1. The fraction of sp³-hybridized carbons (Fsp3) is 0.444. The summed E-state index contributed by atoms with van der Waals surface area (Å²) < 4.78 is 5.37. The van der Waals surface area contributed by atoms with Crippen molar-refractivity contribution in [3.63, 3.8) is 0 Å². The Bertz CT molecular complexity index is 2540. The van der Waals surface area contributed by atoms with Gasteiger partial charge in [0, 0.05) is 0 Å². The van der Waals surface area contributed by atoms with Crippen LogP contribution in [0.4, 0.5) is 0 Å². The van der Waals surface area contributed by atoms with Crippen molar-refractivity contribution in [2.24, 2.45) is 0 Å². The van der Waals surface area contributed by atoms with Gasteiger partial charge >= 0.3 is 244 Å². The first-order valence-corrected chi connectivity index (χ1v) is 25.3. The quantitative estimate of drug-likeness (QED) is 0.0572. The number of ether oxygens (including phenoxy) is 1.